The van der Waals surface area contributed by atoms with Gasteiger partial charge in [-0.3, -0.25) is 4.79 Å². The summed E-state index contributed by atoms with van der Waals surface area (Å²) in [6.07, 6.45) is 9.94. The van der Waals surface area contributed by atoms with Gasteiger partial charge in [-0.1, -0.05) is 73.2 Å². The Balaban J connectivity index is 1.26. The van der Waals surface area contributed by atoms with E-state index in [2.05, 4.69) is 67.6 Å². The quantitative estimate of drug-likeness (QED) is 0.460. The van der Waals surface area contributed by atoms with Gasteiger partial charge >= 0.3 is 0 Å². The third-order valence-corrected chi connectivity index (χ3v) is 9.76. The van der Waals surface area contributed by atoms with Crippen LogP contribution >= 0.6 is 0 Å². The van der Waals surface area contributed by atoms with Gasteiger partial charge in [0.05, 0.1) is 25.4 Å². The molecule has 0 heterocycles. The van der Waals surface area contributed by atoms with Crippen molar-refractivity contribution in [2.75, 3.05) is 0 Å². The summed E-state index contributed by atoms with van der Waals surface area (Å²) < 4.78 is 13.5. The monoisotopic (exact) mass is 470 g/mol. The van der Waals surface area contributed by atoms with Gasteiger partial charge in [-0.15, -0.1) is 0 Å². The van der Waals surface area contributed by atoms with Crippen LogP contribution in [-0.4, -0.2) is 18.0 Å². The molecule has 3 nitrogen and oxygen atoms in total. The number of carbonyl (C=O) groups excluding carboxylic acids is 1. The number of benzene rings is 2. The molecule has 3 heteroatoms. The lowest BCUT2D eigenvalue weighted by Crippen LogP contribution is -2.54. The zero-order valence-electron chi connectivity index (χ0n) is 20.9. The van der Waals surface area contributed by atoms with Gasteiger partial charge in [0.25, 0.3) is 0 Å². The number of ketones is 1. The van der Waals surface area contributed by atoms with Crippen molar-refractivity contribution in [2.45, 2.75) is 77.3 Å². The summed E-state index contributed by atoms with van der Waals surface area (Å²) in [5.41, 5.74) is 4.05. The molecule has 0 amide bonds. The van der Waals surface area contributed by atoms with Crippen molar-refractivity contribution < 1.29 is 14.3 Å². The second-order valence-electron chi connectivity index (χ2n) is 11.6. The average Bonchev–Trinajstić information content (AvgIpc) is 3.22. The molecule has 2 aromatic carbocycles. The number of hydrogen-bond donors (Lipinski definition) is 0. The van der Waals surface area contributed by atoms with Crippen LogP contribution in [0.15, 0.2) is 72.3 Å². The first-order valence-electron chi connectivity index (χ1n) is 13.7. The third kappa shape index (κ3) is 4.42. The maximum atomic E-state index is 12.2. The molecule has 4 aliphatic carbocycles. The van der Waals surface area contributed by atoms with E-state index in [9.17, 15) is 4.79 Å². The van der Waals surface area contributed by atoms with Crippen LogP contribution < -0.4 is 0 Å². The summed E-state index contributed by atoms with van der Waals surface area (Å²) in [6, 6.07) is 21.2. The lowest BCUT2D eigenvalue weighted by Gasteiger charge is -2.56. The summed E-state index contributed by atoms with van der Waals surface area (Å²) in [5.74, 6) is 2.71. The molecular formula is C32H38O3. The van der Waals surface area contributed by atoms with Crippen molar-refractivity contribution in [3.63, 3.8) is 0 Å². The van der Waals surface area contributed by atoms with E-state index in [0.29, 0.717) is 49.1 Å². The van der Waals surface area contributed by atoms with Gasteiger partial charge in [0.2, 0.25) is 0 Å². The molecule has 35 heavy (non-hydrogen) atoms. The fourth-order valence-corrected chi connectivity index (χ4v) is 8.17. The van der Waals surface area contributed by atoms with Crippen molar-refractivity contribution in [2.24, 2.45) is 29.1 Å². The molecule has 0 saturated heterocycles. The molecule has 3 fully saturated rings. The Hall–Kier alpha value is -2.23. The molecular weight excluding hydrogens is 432 g/mol. The van der Waals surface area contributed by atoms with E-state index in [0.717, 1.165) is 25.7 Å². The maximum Gasteiger partial charge on any atom is 0.155 e. The zero-order chi connectivity index (χ0) is 23.8. The van der Waals surface area contributed by atoms with Gasteiger partial charge in [-0.25, -0.2) is 0 Å². The van der Waals surface area contributed by atoms with E-state index < -0.39 is 0 Å². The molecule has 0 aromatic heterocycles. The van der Waals surface area contributed by atoms with Gasteiger partial charge in [0, 0.05) is 6.42 Å². The predicted molar refractivity (Wildman–Crippen MR) is 138 cm³/mol. The zero-order valence-corrected chi connectivity index (χ0v) is 20.9. The van der Waals surface area contributed by atoms with Crippen LogP contribution in [0.5, 0.6) is 0 Å². The van der Waals surface area contributed by atoms with Gasteiger partial charge in [-0.05, 0) is 84.8 Å². The number of rotatable bonds is 6. The van der Waals surface area contributed by atoms with Crippen molar-refractivity contribution in [1.29, 1.82) is 0 Å². The van der Waals surface area contributed by atoms with Crippen molar-refractivity contribution in [3.05, 3.63) is 83.4 Å². The first-order chi connectivity index (χ1) is 17.1. The van der Waals surface area contributed by atoms with Crippen LogP contribution in [0.4, 0.5) is 0 Å². The Morgan fingerprint density at radius 2 is 1.51 bits per heavy atom. The van der Waals surface area contributed by atoms with Crippen molar-refractivity contribution >= 4 is 5.78 Å². The Kier molecular flexibility index (Phi) is 6.41. The van der Waals surface area contributed by atoms with Gasteiger partial charge in [0.1, 0.15) is 0 Å². The molecule has 0 radical (unpaired) electrons. The molecule has 2 aromatic rings. The smallest absolute Gasteiger partial charge is 0.155 e. The maximum absolute atomic E-state index is 12.2. The van der Waals surface area contributed by atoms with E-state index in [4.69, 9.17) is 9.47 Å². The lowest BCUT2D eigenvalue weighted by atomic mass is 9.51. The Bertz CT molecular complexity index is 1060. The summed E-state index contributed by atoms with van der Waals surface area (Å²) >= 11 is 0. The van der Waals surface area contributed by atoms with Crippen molar-refractivity contribution in [1.82, 2.24) is 0 Å². The Labute approximate surface area is 209 Å². The summed E-state index contributed by atoms with van der Waals surface area (Å²) in [5, 5.41) is 0. The highest BCUT2D eigenvalue weighted by atomic mass is 16.5. The Morgan fingerprint density at radius 1 is 0.829 bits per heavy atom. The number of allylic oxidation sites excluding steroid dienone is 1. The van der Waals surface area contributed by atoms with Gasteiger partial charge < -0.3 is 9.47 Å². The van der Waals surface area contributed by atoms with Crippen LogP contribution in [0.1, 0.15) is 63.0 Å². The number of ether oxygens (including phenoxy) is 2. The molecule has 0 unspecified atom stereocenters. The minimum absolute atomic E-state index is 0.142. The fraction of sp³-hybridized carbons (Fsp3) is 0.531. The summed E-state index contributed by atoms with van der Waals surface area (Å²) in [6.45, 7) is 3.84. The average molecular weight is 471 g/mol. The van der Waals surface area contributed by atoms with Crippen LogP contribution in [0.2, 0.25) is 0 Å². The van der Waals surface area contributed by atoms with Crippen LogP contribution in [0.25, 0.3) is 0 Å². The first-order valence-corrected chi connectivity index (χ1v) is 13.7. The minimum atomic E-state index is 0.142. The standard InChI is InChI=1S/C32H38O3/c1-32-19-29(34-20-22-8-4-2-5-9-22)31-26-15-13-25(33)18-24(26)12-14-27(31)28(32)16-17-30(32)35-21-23-10-6-3-7-11-23/h2-11,18,26-31H,12-17,19-21H2,1H3/t26-,27-,28-,29-,30-,31+,32-/m0/s1. The van der Waals surface area contributed by atoms with Gasteiger partial charge in [-0.2, -0.15) is 0 Å². The van der Waals surface area contributed by atoms with Crippen LogP contribution in [0.3, 0.4) is 0 Å². The highest BCUT2D eigenvalue weighted by Gasteiger charge is 2.60. The van der Waals surface area contributed by atoms with Crippen LogP contribution in [0, 0.1) is 29.1 Å². The van der Waals surface area contributed by atoms with E-state index in [1.54, 1.807) is 0 Å². The molecule has 184 valence electrons. The lowest BCUT2D eigenvalue weighted by molar-refractivity contribution is -0.158. The topological polar surface area (TPSA) is 35.5 Å². The second kappa shape index (κ2) is 9.67. The first kappa shape index (κ1) is 23.2. The second-order valence-corrected chi connectivity index (χ2v) is 11.6. The molecule has 0 aliphatic heterocycles. The molecule has 0 N–H and O–H groups in total. The van der Waals surface area contributed by atoms with E-state index >= 15 is 0 Å². The SMILES string of the molecule is C[C@]12C[C@H](OCc3ccccc3)[C@H]3[C@@H](CCC4=CC(=O)CC[C@@H]43)[C@@H]1CC[C@@H]2OCc1ccccc1. The molecule has 0 spiro atoms. The fourth-order valence-electron chi connectivity index (χ4n) is 8.17. The number of hydrogen-bond acceptors (Lipinski definition) is 3. The highest BCUT2D eigenvalue weighted by molar-refractivity contribution is 5.91. The Morgan fingerprint density at radius 3 is 2.23 bits per heavy atom. The summed E-state index contributed by atoms with van der Waals surface area (Å²) in [4.78, 5) is 12.2. The summed E-state index contributed by atoms with van der Waals surface area (Å²) in [7, 11) is 0. The number of fused-ring (bicyclic) bond motifs is 5. The van der Waals surface area contributed by atoms with Gasteiger partial charge in [0.15, 0.2) is 5.78 Å². The minimum Gasteiger partial charge on any atom is -0.373 e. The van der Waals surface area contributed by atoms with E-state index in [-0.39, 0.29) is 17.6 Å². The third-order valence-electron chi connectivity index (χ3n) is 9.76. The largest absolute Gasteiger partial charge is 0.373 e. The number of carbonyl (C=O) groups is 1. The predicted octanol–water partition coefficient (Wildman–Crippen LogP) is 6.91. The molecule has 7 atom stereocenters. The van der Waals surface area contributed by atoms with Crippen molar-refractivity contribution in [3.8, 4) is 0 Å². The van der Waals surface area contributed by atoms with E-state index in [1.807, 2.05) is 6.08 Å². The normalized spacial score (nSPS) is 36.1. The van der Waals surface area contributed by atoms with Crippen LogP contribution in [-0.2, 0) is 27.5 Å². The molecule has 4 aliphatic rings. The highest BCUT2D eigenvalue weighted by Crippen LogP contribution is 2.63. The molecule has 3 saturated carbocycles. The molecule has 0 bridgehead atoms. The van der Waals surface area contributed by atoms with E-state index in [1.165, 1.54) is 29.5 Å². The molecule has 6 rings (SSSR count).